The van der Waals surface area contributed by atoms with Crippen LogP contribution in [0.3, 0.4) is 0 Å². The Kier molecular flexibility index (Phi) is 4.39. The molecule has 3 N–H and O–H groups in total. The highest BCUT2D eigenvalue weighted by Crippen LogP contribution is 2.35. The smallest absolute Gasteiger partial charge is 0.408 e. The molecule has 0 radical (unpaired) electrons. The van der Waals surface area contributed by atoms with Crippen molar-refractivity contribution in [1.29, 1.82) is 0 Å². The van der Waals surface area contributed by atoms with Crippen molar-refractivity contribution in [2.45, 2.75) is 12.0 Å². The highest BCUT2D eigenvalue weighted by Gasteiger charge is 2.47. The predicted octanol–water partition coefficient (Wildman–Crippen LogP) is 1.93. The minimum Gasteiger partial charge on any atom is -0.507 e. The Morgan fingerprint density at radius 1 is 1.45 bits per heavy atom. The van der Waals surface area contributed by atoms with Crippen molar-refractivity contribution < 1.29 is 33.3 Å². The molecule has 1 fully saturated rings. The highest BCUT2D eigenvalue weighted by atomic mass is 35.5. The Morgan fingerprint density at radius 3 is 2.70 bits per heavy atom. The molecule has 0 aliphatic carbocycles. The second-order valence-electron chi connectivity index (χ2n) is 4.00. The molecule has 1 aromatic carbocycles. The zero-order valence-electron chi connectivity index (χ0n) is 9.80. The van der Waals surface area contributed by atoms with Gasteiger partial charge < -0.3 is 20.3 Å². The molecule has 0 spiro atoms. The lowest BCUT2D eigenvalue weighted by Crippen LogP contribution is -2.49. The number of hydrogen-bond acceptors (Lipinski definition) is 4. The molecule has 1 amide bonds. The number of phenols is 1. The number of carbonyl (C=O) groups excluding carboxylic acids is 1. The number of rotatable bonds is 2. The van der Waals surface area contributed by atoms with Gasteiger partial charge in [-0.15, -0.1) is 12.4 Å². The number of alkyl halides is 2. The maximum absolute atomic E-state index is 13.6. The quantitative estimate of drug-likeness (QED) is 0.775. The Labute approximate surface area is 117 Å². The topological polar surface area (TPSA) is 95.9 Å². The number of nitrogens with one attached hydrogen (secondary N) is 1. The summed E-state index contributed by atoms with van der Waals surface area (Å²) in [6.07, 6.45) is -1.01. The third-order valence-corrected chi connectivity index (χ3v) is 2.66. The van der Waals surface area contributed by atoms with Crippen molar-refractivity contribution in [2.24, 2.45) is 0 Å². The van der Waals surface area contributed by atoms with Gasteiger partial charge in [0.15, 0.2) is 6.61 Å². The van der Waals surface area contributed by atoms with Crippen LogP contribution in [0.1, 0.15) is 22.0 Å². The SMILES string of the molecule is Cl.O=C1N[C@@H](c2ccc(O)c(C(=O)O)c2)C(F)(F)CO1. The number of hydrogen-bond donors (Lipinski definition) is 3. The molecule has 110 valence electrons. The summed E-state index contributed by atoms with van der Waals surface area (Å²) in [6.45, 7) is -1.09. The maximum Gasteiger partial charge on any atom is 0.408 e. The third-order valence-electron chi connectivity index (χ3n) is 2.66. The summed E-state index contributed by atoms with van der Waals surface area (Å²) in [4.78, 5) is 21.8. The van der Waals surface area contributed by atoms with Crippen molar-refractivity contribution >= 4 is 24.5 Å². The van der Waals surface area contributed by atoms with Gasteiger partial charge in [-0.25, -0.2) is 18.4 Å². The lowest BCUT2D eigenvalue weighted by atomic mass is 9.97. The molecule has 9 heteroatoms. The van der Waals surface area contributed by atoms with Crippen molar-refractivity contribution in [1.82, 2.24) is 5.32 Å². The molecule has 1 saturated heterocycles. The van der Waals surface area contributed by atoms with Crippen molar-refractivity contribution in [3.8, 4) is 5.75 Å². The van der Waals surface area contributed by atoms with Crippen LogP contribution in [0.15, 0.2) is 18.2 Å². The number of carboxylic acids is 1. The molecule has 0 aromatic heterocycles. The van der Waals surface area contributed by atoms with Crippen molar-refractivity contribution in [3.63, 3.8) is 0 Å². The lowest BCUT2D eigenvalue weighted by molar-refractivity contribution is -0.104. The number of alkyl carbamates (subject to hydrolysis) is 1. The van der Waals surface area contributed by atoms with Crippen molar-refractivity contribution in [2.75, 3.05) is 6.61 Å². The summed E-state index contributed by atoms with van der Waals surface area (Å²) < 4.78 is 31.4. The number of cyclic esters (lactones) is 1. The number of amides is 1. The van der Waals surface area contributed by atoms with E-state index in [0.717, 1.165) is 18.2 Å². The van der Waals surface area contributed by atoms with E-state index >= 15 is 0 Å². The van der Waals surface area contributed by atoms with Gasteiger partial charge in [0.1, 0.15) is 17.4 Å². The second kappa shape index (κ2) is 5.49. The van der Waals surface area contributed by atoms with Crippen LogP contribution in [0, 0.1) is 0 Å². The zero-order chi connectivity index (χ0) is 14.2. The fourth-order valence-corrected chi connectivity index (χ4v) is 1.74. The molecule has 20 heavy (non-hydrogen) atoms. The van der Waals surface area contributed by atoms with Crippen LogP contribution in [-0.4, -0.2) is 34.8 Å². The molecule has 1 aliphatic rings. The summed E-state index contributed by atoms with van der Waals surface area (Å²) >= 11 is 0. The number of aromatic carboxylic acids is 1. The Morgan fingerprint density at radius 2 is 2.10 bits per heavy atom. The van der Waals surface area contributed by atoms with Crippen LogP contribution in [0.4, 0.5) is 13.6 Å². The van der Waals surface area contributed by atoms with Gasteiger partial charge in [-0.1, -0.05) is 6.07 Å². The van der Waals surface area contributed by atoms with Gasteiger partial charge in [0.25, 0.3) is 0 Å². The van der Waals surface area contributed by atoms with Crippen LogP contribution in [0.2, 0.25) is 0 Å². The monoisotopic (exact) mass is 309 g/mol. The molecule has 0 bridgehead atoms. The Balaban J connectivity index is 0.00000200. The summed E-state index contributed by atoms with van der Waals surface area (Å²) in [7, 11) is 0. The number of benzene rings is 1. The molecular weight excluding hydrogens is 300 g/mol. The lowest BCUT2D eigenvalue weighted by Gasteiger charge is -2.31. The number of ether oxygens (including phenoxy) is 1. The summed E-state index contributed by atoms with van der Waals surface area (Å²) in [5, 5.41) is 20.0. The van der Waals surface area contributed by atoms with Crippen LogP contribution in [0.25, 0.3) is 0 Å². The predicted molar refractivity (Wildman–Crippen MR) is 64.5 cm³/mol. The second-order valence-corrected chi connectivity index (χ2v) is 4.00. The Hall–Kier alpha value is -2.09. The number of halogens is 3. The summed E-state index contributed by atoms with van der Waals surface area (Å²) in [5.41, 5.74) is -0.647. The molecule has 1 aliphatic heterocycles. The van der Waals surface area contributed by atoms with Gasteiger partial charge in [0.05, 0.1) is 0 Å². The molecule has 0 unspecified atom stereocenters. The van der Waals surface area contributed by atoms with Crippen LogP contribution >= 0.6 is 12.4 Å². The molecule has 0 saturated carbocycles. The highest BCUT2D eigenvalue weighted by molar-refractivity contribution is 5.91. The Bertz CT molecular complexity index is 552. The van der Waals surface area contributed by atoms with Crippen LogP contribution in [0.5, 0.6) is 5.75 Å². The number of carboxylic acid groups (broad SMARTS) is 1. The van der Waals surface area contributed by atoms with E-state index in [9.17, 15) is 23.5 Å². The molecule has 1 aromatic rings. The molecule has 1 atom stereocenters. The largest absolute Gasteiger partial charge is 0.507 e. The fraction of sp³-hybridized carbons (Fsp3) is 0.273. The van der Waals surface area contributed by atoms with Gasteiger partial charge in [0.2, 0.25) is 0 Å². The molecule has 6 nitrogen and oxygen atoms in total. The minimum atomic E-state index is -3.37. The number of carbonyl (C=O) groups is 2. The first-order valence-corrected chi connectivity index (χ1v) is 5.18. The number of aromatic hydroxyl groups is 1. The van der Waals surface area contributed by atoms with Gasteiger partial charge in [0, 0.05) is 0 Å². The van der Waals surface area contributed by atoms with E-state index in [1.807, 2.05) is 5.32 Å². The van der Waals surface area contributed by atoms with Gasteiger partial charge in [-0.2, -0.15) is 0 Å². The third kappa shape index (κ3) is 2.90. The van der Waals surface area contributed by atoms with E-state index in [1.54, 1.807) is 0 Å². The minimum absolute atomic E-state index is 0. The summed E-state index contributed by atoms with van der Waals surface area (Å²) in [5.74, 6) is -5.38. The first-order valence-electron chi connectivity index (χ1n) is 5.18. The first kappa shape index (κ1) is 16.0. The van der Waals surface area contributed by atoms with E-state index < -0.39 is 41.9 Å². The molecule has 1 heterocycles. The van der Waals surface area contributed by atoms with Gasteiger partial charge in [-0.3, -0.25) is 0 Å². The van der Waals surface area contributed by atoms with Crippen molar-refractivity contribution in [3.05, 3.63) is 29.3 Å². The fourth-order valence-electron chi connectivity index (χ4n) is 1.74. The van der Waals surface area contributed by atoms with E-state index in [-0.39, 0.29) is 18.0 Å². The zero-order valence-corrected chi connectivity index (χ0v) is 10.6. The van der Waals surface area contributed by atoms with Gasteiger partial charge >= 0.3 is 18.0 Å². The average Bonchev–Trinajstić information content (AvgIpc) is 2.33. The normalized spacial score (nSPS) is 20.3. The first-order chi connectivity index (χ1) is 8.81. The van der Waals surface area contributed by atoms with E-state index in [4.69, 9.17) is 5.11 Å². The van der Waals surface area contributed by atoms with E-state index in [1.165, 1.54) is 0 Å². The standard InChI is InChI=1S/C11H9F2NO5.ClH/c12-11(13)4-19-10(18)14-8(11)5-1-2-7(15)6(3-5)9(16)17;/h1-3,8,15H,4H2,(H,14,18)(H,16,17);1H/t8-;/m0./s1. The van der Waals surface area contributed by atoms with Crippen LogP contribution < -0.4 is 5.32 Å². The maximum atomic E-state index is 13.6. The van der Waals surface area contributed by atoms with E-state index in [0.29, 0.717) is 0 Å². The molecule has 2 rings (SSSR count). The van der Waals surface area contributed by atoms with E-state index in [2.05, 4.69) is 4.74 Å². The average molecular weight is 310 g/mol. The molecular formula is C11H10ClF2NO5. The van der Waals surface area contributed by atoms with Crippen LogP contribution in [-0.2, 0) is 4.74 Å². The summed E-state index contributed by atoms with van der Waals surface area (Å²) in [6, 6.07) is 1.29. The van der Waals surface area contributed by atoms with Gasteiger partial charge in [-0.05, 0) is 17.7 Å².